The van der Waals surface area contributed by atoms with Crippen molar-refractivity contribution in [2.24, 2.45) is 0 Å². The predicted octanol–water partition coefficient (Wildman–Crippen LogP) is 2.36. The number of hydrogen-bond donors (Lipinski definition) is 1. The summed E-state index contributed by atoms with van der Waals surface area (Å²) < 4.78 is 30.6. The number of halogens is 2. The third-order valence-corrected chi connectivity index (χ3v) is 5.85. The molecule has 0 radical (unpaired) electrons. The van der Waals surface area contributed by atoms with Crippen molar-refractivity contribution in [2.45, 2.75) is 6.10 Å². The van der Waals surface area contributed by atoms with Gasteiger partial charge in [-0.25, -0.2) is 13.1 Å². The first-order valence-electron chi connectivity index (χ1n) is 4.30. The first-order valence-corrected chi connectivity index (χ1v) is 8.26. The Morgan fingerprint density at radius 1 is 1.62 bits per heavy atom. The summed E-state index contributed by atoms with van der Waals surface area (Å²) in [6.45, 7) is 0.196. The van der Waals surface area contributed by atoms with E-state index in [1.807, 2.05) is 6.07 Å². The van der Waals surface area contributed by atoms with Crippen LogP contribution in [0.25, 0.3) is 0 Å². The van der Waals surface area contributed by atoms with Gasteiger partial charge in [-0.15, -0.1) is 11.3 Å². The van der Waals surface area contributed by atoms with E-state index in [2.05, 4.69) is 20.7 Å². The Labute approximate surface area is 112 Å². The Morgan fingerprint density at radius 2 is 2.31 bits per heavy atom. The number of ether oxygens (including phenoxy) is 1. The Morgan fingerprint density at radius 3 is 2.75 bits per heavy atom. The van der Waals surface area contributed by atoms with Crippen LogP contribution in [-0.4, -0.2) is 26.7 Å². The van der Waals surface area contributed by atoms with Crippen LogP contribution in [0.5, 0.6) is 0 Å². The number of alkyl halides is 1. The number of rotatable bonds is 6. The van der Waals surface area contributed by atoms with Crippen molar-refractivity contribution < 1.29 is 13.2 Å². The number of hydrogen-bond acceptors (Lipinski definition) is 4. The van der Waals surface area contributed by atoms with Crippen molar-refractivity contribution in [1.82, 2.24) is 4.72 Å². The third-order valence-electron chi connectivity index (χ3n) is 1.83. The SMILES string of the molecule is COC(CNS(=O)(=O)CBr)c1ccc(Cl)s1. The lowest BCUT2D eigenvalue weighted by Crippen LogP contribution is -2.29. The van der Waals surface area contributed by atoms with E-state index in [1.165, 1.54) is 18.4 Å². The average Bonchev–Trinajstić information content (AvgIpc) is 2.66. The molecule has 0 aliphatic rings. The summed E-state index contributed by atoms with van der Waals surface area (Å²) >= 11 is 10.1. The molecule has 0 saturated carbocycles. The maximum atomic E-state index is 11.2. The molecule has 16 heavy (non-hydrogen) atoms. The second-order valence-electron chi connectivity index (χ2n) is 2.94. The van der Waals surface area contributed by atoms with Crippen molar-refractivity contribution in [1.29, 1.82) is 0 Å². The molecule has 1 heterocycles. The minimum atomic E-state index is -3.27. The topological polar surface area (TPSA) is 55.4 Å². The average molecular weight is 349 g/mol. The van der Waals surface area contributed by atoms with Crippen molar-refractivity contribution in [3.63, 3.8) is 0 Å². The normalized spacial score (nSPS) is 13.9. The molecule has 1 aromatic heterocycles. The summed E-state index contributed by atoms with van der Waals surface area (Å²) in [7, 11) is -1.74. The van der Waals surface area contributed by atoms with Gasteiger partial charge in [0.1, 0.15) is 10.8 Å². The second kappa shape index (κ2) is 6.32. The highest BCUT2D eigenvalue weighted by Gasteiger charge is 2.16. The van der Waals surface area contributed by atoms with Crippen LogP contribution >= 0.6 is 38.9 Å². The first-order chi connectivity index (χ1) is 7.48. The summed E-state index contributed by atoms with van der Waals surface area (Å²) in [5.41, 5.74) is 0. The van der Waals surface area contributed by atoms with Crippen molar-refractivity contribution in [2.75, 3.05) is 18.3 Å². The first kappa shape index (κ1) is 14.4. The van der Waals surface area contributed by atoms with E-state index in [0.29, 0.717) is 4.34 Å². The van der Waals surface area contributed by atoms with Gasteiger partial charge in [-0.3, -0.25) is 0 Å². The monoisotopic (exact) mass is 347 g/mol. The van der Waals surface area contributed by atoms with Gasteiger partial charge in [-0.05, 0) is 12.1 Å². The summed E-state index contributed by atoms with van der Waals surface area (Å²) in [4.78, 5) is 0.893. The van der Waals surface area contributed by atoms with E-state index < -0.39 is 10.0 Å². The van der Waals surface area contributed by atoms with Crippen LogP contribution in [0.3, 0.4) is 0 Å². The molecule has 8 heteroatoms. The molecule has 0 aliphatic heterocycles. The van der Waals surface area contributed by atoms with Crippen LogP contribution in [0, 0.1) is 0 Å². The third kappa shape index (κ3) is 4.31. The Bertz CT molecular complexity index is 434. The van der Waals surface area contributed by atoms with Gasteiger partial charge >= 0.3 is 0 Å². The molecule has 1 aromatic rings. The fourth-order valence-electron chi connectivity index (χ4n) is 1.04. The number of methoxy groups -OCH3 is 1. The van der Waals surface area contributed by atoms with Gasteiger partial charge in [0.15, 0.2) is 0 Å². The van der Waals surface area contributed by atoms with Gasteiger partial charge in [-0.2, -0.15) is 0 Å². The summed E-state index contributed by atoms with van der Waals surface area (Å²) in [6.07, 6.45) is -0.314. The van der Waals surface area contributed by atoms with Crippen LogP contribution in [0.15, 0.2) is 12.1 Å². The Kier molecular flexibility index (Phi) is 5.69. The molecule has 0 fully saturated rings. The van der Waals surface area contributed by atoms with Crippen LogP contribution < -0.4 is 4.72 Å². The molecule has 1 unspecified atom stereocenters. The molecule has 0 amide bonds. The maximum absolute atomic E-state index is 11.2. The number of thiophene rings is 1. The summed E-state index contributed by atoms with van der Waals surface area (Å²) in [5.74, 6) is 0. The lowest BCUT2D eigenvalue weighted by atomic mass is 10.3. The molecular formula is C8H11BrClNO3S2. The minimum absolute atomic E-state index is 0.123. The lowest BCUT2D eigenvalue weighted by molar-refractivity contribution is 0.110. The van der Waals surface area contributed by atoms with Gasteiger partial charge in [-0.1, -0.05) is 27.5 Å². The van der Waals surface area contributed by atoms with Crippen molar-refractivity contribution >= 4 is 48.9 Å². The standard InChI is InChI=1S/C8H11BrClNO3S2/c1-14-6(4-11-16(12,13)5-9)7-2-3-8(10)15-7/h2-3,6,11H,4-5H2,1H3. The Hall–Kier alpha value is 0.340. The van der Waals surface area contributed by atoms with Gasteiger partial charge in [0, 0.05) is 18.5 Å². The minimum Gasteiger partial charge on any atom is -0.375 e. The molecule has 4 nitrogen and oxygen atoms in total. The summed E-state index contributed by atoms with van der Waals surface area (Å²) in [6, 6.07) is 3.58. The number of nitrogens with one attached hydrogen (secondary N) is 1. The van der Waals surface area contributed by atoms with Gasteiger partial charge in [0.05, 0.1) is 4.34 Å². The van der Waals surface area contributed by atoms with E-state index in [-0.39, 0.29) is 17.3 Å². The largest absolute Gasteiger partial charge is 0.375 e. The molecule has 0 aromatic carbocycles. The van der Waals surface area contributed by atoms with Crippen LogP contribution in [-0.2, 0) is 14.8 Å². The molecule has 0 saturated heterocycles. The zero-order valence-electron chi connectivity index (χ0n) is 8.44. The molecule has 0 bridgehead atoms. The highest BCUT2D eigenvalue weighted by molar-refractivity contribution is 9.10. The van der Waals surface area contributed by atoms with E-state index in [1.54, 1.807) is 6.07 Å². The molecule has 92 valence electrons. The van der Waals surface area contributed by atoms with Crippen molar-refractivity contribution in [3.05, 3.63) is 21.3 Å². The van der Waals surface area contributed by atoms with Gasteiger partial charge < -0.3 is 4.74 Å². The molecule has 0 spiro atoms. The Balaban J connectivity index is 2.63. The predicted molar refractivity (Wildman–Crippen MR) is 69.8 cm³/mol. The van der Waals surface area contributed by atoms with Crippen LogP contribution in [0.1, 0.15) is 11.0 Å². The zero-order valence-corrected chi connectivity index (χ0v) is 12.4. The molecular weight excluding hydrogens is 338 g/mol. The highest BCUT2D eigenvalue weighted by atomic mass is 79.9. The van der Waals surface area contributed by atoms with Crippen molar-refractivity contribution in [3.8, 4) is 0 Å². The molecule has 1 rings (SSSR count). The zero-order chi connectivity index (χ0) is 12.2. The number of sulfonamides is 1. The fraction of sp³-hybridized carbons (Fsp3) is 0.500. The van der Waals surface area contributed by atoms with E-state index in [9.17, 15) is 8.42 Å². The molecule has 1 atom stereocenters. The molecule has 0 aliphatic carbocycles. The smallest absolute Gasteiger partial charge is 0.221 e. The van der Waals surface area contributed by atoms with E-state index in [0.717, 1.165) is 4.88 Å². The summed E-state index contributed by atoms with van der Waals surface area (Å²) in [5, 5.41) is 0. The van der Waals surface area contributed by atoms with Crippen LogP contribution in [0.4, 0.5) is 0 Å². The van der Waals surface area contributed by atoms with Crippen LogP contribution in [0.2, 0.25) is 4.34 Å². The quantitative estimate of drug-likeness (QED) is 0.803. The van der Waals surface area contributed by atoms with Gasteiger partial charge in [0.2, 0.25) is 10.0 Å². The van der Waals surface area contributed by atoms with E-state index >= 15 is 0 Å². The highest BCUT2D eigenvalue weighted by Crippen LogP contribution is 2.28. The lowest BCUT2D eigenvalue weighted by Gasteiger charge is -2.13. The fourth-order valence-corrected chi connectivity index (χ4v) is 3.15. The maximum Gasteiger partial charge on any atom is 0.221 e. The van der Waals surface area contributed by atoms with Gasteiger partial charge in [0.25, 0.3) is 0 Å². The van der Waals surface area contributed by atoms with E-state index in [4.69, 9.17) is 16.3 Å². The second-order valence-corrected chi connectivity index (χ2v) is 7.80. The molecule has 1 N–H and O–H groups in total.